The predicted molar refractivity (Wildman–Crippen MR) is 47.3 cm³/mol. The maximum absolute atomic E-state index is 11.9. The molecule has 1 rings (SSSR count). The van der Waals surface area contributed by atoms with Crippen molar-refractivity contribution < 1.29 is 13.2 Å². The van der Waals surface area contributed by atoms with Crippen molar-refractivity contribution in [3.63, 3.8) is 0 Å². The molecule has 0 aromatic rings. The third-order valence-electron chi connectivity index (χ3n) is 0.974. The largest absolute Gasteiger partial charge is 0.433 e. The van der Waals surface area contributed by atoms with Crippen LogP contribution in [0.2, 0.25) is 0 Å². The fourth-order valence-corrected chi connectivity index (χ4v) is 2.22. The molecule has 0 saturated heterocycles. The lowest BCUT2D eigenvalue weighted by Crippen LogP contribution is -2.12. The Balaban J connectivity index is 2.93. The zero-order valence-corrected chi connectivity index (χ0v) is 7.77. The molecule has 1 heterocycles. The molecule has 1 nitrogen and oxygen atoms in total. The van der Waals surface area contributed by atoms with Gasteiger partial charge in [0.25, 0.3) is 0 Å². The van der Waals surface area contributed by atoms with Gasteiger partial charge in [0.1, 0.15) is 5.70 Å². The maximum atomic E-state index is 11.9. The molecule has 0 saturated carbocycles. The first-order valence-electron chi connectivity index (χ1n) is 2.78. The van der Waals surface area contributed by atoms with Gasteiger partial charge in [-0.2, -0.15) is 13.2 Å². The van der Waals surface area contributed by atoms with Crippen molar-refractivity contribution in [2.24, 2.45) is 4.99 Å². The molecule has 62 valence electrons. The second kappa shape index (κ2) is 3.04. The first-order chi connectivity index (χ1) is 5.00. The Bertz CT molecular complexity index is 249. The average Bonchev–Trinajstić information content (AvgIpc) is 1.86. The summed E-state index contributed by atoms with van der Waals surface area (Å²) in [6.45, 7) is 1.58. The molecule has 0 bridgehead atoms. The summed E-state index contributed by atoms with van der Waals surface area (Å²) in [6, 6.07) is 0. The van der Waals surface area contributed by atoms with Crippen LogP contribution in [0, 0.1) is 0 Å². The second-order valence-corrected chi connectivity index (χ2v) is 3.95. The zero-order valence-electron chi connectivity index (χ0n) is 5.61. The Labute approximate surface area is 71.8 Å². The topological polar surface area (TPSA) is 12.4 Å². The van der Waals surface area contributed by atoms with Gasteiger partial charge < -0.3 is 0 Å². The van der Waals surface area contributed by atoms with E-state index in [2.05, 4.69) is 4.99 Å². The van der Waals surface area contributed by atoms with E-state index >= 15 is 0 Å². The van der Waals surface area contributed by atoms with E-state index in [1.807, 2.05) is 0 Å². The number of nitrogens with zero attached hydrogens (tertiary/aromatic N) is 1. The number of allylic oxidation sites excluding steroid dienone is 1. The Morgan fingerprint density at radius 1 is 1.45 bits per heavy atom. The van der Waals surface area contributed by atoms with Crippen molar-refractivity contribution >= 4 is 30.5 Å². The molecule has 0 radical (unpaired) electrons. The Hall–Kier alpha value is -0.200. The summed E-state index contributed by atoms with van der Waals surface area (Å²) in [4.78, 5) is 3.38. The van der Waals surface area contributed by atoms with Gasteiger partial charge in [0.05, 0.1) is 0 Å². The summed E-state index contributed by atoms with van der Waals surface area (Å²) in [5.74, 6) is 0. The first-order valence-corrected chi connectivity index (χ1v) is 5.27. The molecule has 0 aromatic carbocycles. The normalized spacial score (nSPS) is 18.5. The van der Waals surface area contributed by atoms with E-state index in [9.17, 15) is 13.2 Å². The minimum Gasteiger partial charge on any atom is -0.248 e. The number of hydrogen-bond donors (Lipinski definition) is 0. The van der Waals surface area contributed by atoms with Gasteiger partial charge in [-0.25, -0.2) is 4.99 Å². The lowest BCUT2D eigenvalue weighted by Gasteiger charge is -2.08. The summed E-state index contributed by atoms with van der Waals surface area (Å²) in [5, 5.41) is 0. The van der Waals surface area contributed by atoms with E-state index in [1.165, 1.54) is 4.08 Å². The molecule has 0 atom stereocenters. The number of alkyl halides is 3. The van der Waals surface area contributed by atoms with Crippen LogP contribution in [0.15, 0.2) is 14.8 Å². The summed E-state index contributed by atoms with van der Waals surface area (Å²) in [6.07, 6.45) is -4.27. The van der Waals surface area contributed by atoms with E-state index in [1.54, 1.807) is 10.9 Å². The van der Waals surface area contributed by atoms with Crippen LogP contribution in [-0.4, -0.2) is 15.9 Å². The minimum atomic E-state index is -4.27. The van der Waals surface area contributed by atoms with E-state index < -0.39 is 32.6 Å². The summed E-state index contributed by atoms with van der Waals surface area (Å²) < 4.78 is 38.8. The molecular weight excluding hydrogens is 270 g/mol. The molecule has 0 N–H and O–H groups in total. The Kier molecular flexibility index (Phi) is 2.46. The summed E-state index contributed by atoms with van der Waals surface area (Å²) in [5.41, 5.74) is -0.252. The average molecular weight is 275 g/mol. The first kappa shape index (κ1) is 8.89. The Morgan fingerprint density at radius 3 is 2.45 bits per heavy atom. The fraction of sp³-hybridized carbons (Fsp3) is 0.333. The summed E-state index contributed by atoms with van der Waals surface area (Å²) >= 11 is -0.569. The molecule has 0 amide bonds. The highest BCUT2D eigenvalue weighted by Gasteiger charge is 2.34. The number of rotatable bonds is 0. The minimum absolute atomic E-state index is 0.479. The van der Waals surface area contributed by atoms with Crippen molar-refractivity contribution in [1.29, 1.82) is 0 Å². The molecular formula is C6H5F3IN. The van der Waals surface area contributed by atoms with Crippen molar-refractivity contribution in [3.05, 3.63) is 9.78 Å². The van der Waals surface area contributed by atoms with Gasteiger partial charge in [0, 0.05) is 9.79 Å². The van der Waals surface area contributed by atoms with Crippen LogP contribution < -0.4 is 0 Å². The standard InChI is InChI=1S/C6H5F3IN/c1-4-2-10-3-5(11-4)6(7,8)9/h2-3H,1H3. The van der Waals surface area contributed by atoms with Crippen LogP contribution in [0.25, 0.3) is 0 Å². The molecule has 0 unspecified atom stereocenters. The molecule has 0 aliphatic carbocycles. The number of halogens is 4. The molecule has 0 aromatic heterocycles. The lowest BCUT2D eigenvalue weighted by molar-refractivity contribution is -0.0919. The van der Waals surface area contributed by atoms with Crippen LogP contribution in [-0.2, 0) is 0 Å². The highest BCUT2D eigenvalue weighted by atomic mass is 127. The van der Waals surface area contributed by atoms with Crippen molar-refractivity contribution in [2.75, 3.05) is 0 Å². The van der Waals surface area contributed by atoms with Gasteiger partial charge in [0.2, 0.25) is 0 Å². The molecule has 11 heavy (non-hydrogen) atoms. The maximum Gasteiger partial charge on any atom is 0.433 e. The third-order valence-corrected chi connectivity index (χ3v) is 3.18. The van der Waals surface area contributed by atoms with Gasteiger partial charge in [-0.05, 0) is 10.9 Å². The highest BCUT2D eigenvalue weighted by molar-refractivity contribution is 14.2. The molecule has 5 heteroatoms. The monoisotopic (exact) mass is 275 g/mol. The molecule has 0 fully saturated rings. The van der Waals surface area contributed by atoms with Gasteiger partial charge in [0.15, 0.2) is 0 Å². The van der Waals surface area contributed by atoms with E-state index in [-0.39, 0.29) is 0 Å². The smallest absolute Gasteiger partial charge is 0.248 e. The van der Waals surface area contributed by atoms with Gasteiger partial charge in [-0.3, -0.25) is 0 Å². The van der Waals surface area contributed by atoms with Crippen LogP contribution in [0.3, 0.4) is 0 Å². The van der Waals surface area contributed by atoms with Crippen LogP contribution >= 0.6 is 20.7 Å². The SMILES string of the molecule is CC1=NC(C(F)(F)F)=CI=C1. The van der Waals surface area contributed by atoms with Gasteiger partial charge in [-0.15, -0.1) is 0 Å². The zero-order chi connectivity index (χ0) is 8.48. The highest BCUT2D eigenvalue weighted by Crippen LogP contribution is 2.30. The Morgan fingerprint density at radius 2 is 2.09 bits per heavy atom. The molecule has 1 aliphatic heterocycles. The molecule has 0 spiro atoms. The fourth-order valence-electron chi connectivity index (χ4n) is 0.546. The van der Waals surface area contributed by atoms with Crippen molar-refractivity contribution in [3.8, 4) is 0 Å². The number of aliphatic imine (C=N–C) groups is 1. The van der Waals surface area contributed by atoms with Crippen LogP contribution in [0.4, 0.5) is 13.2 Å². The van der Waals surface area contributed by atoms with E-state index in [0.717, 1.165) is 0 Å². The number of hydrogen-bond acceptors (Lipinski definition) is 1. The summed E-state index contributed by atoms with van der Waals surface area (Å²) in [7, 11) is 0. The molecule has 1 aliphatic rings. The van der Waals surface area contributed by atoms with Gasteiger partial charge >= 0.3 is 6.18 Å². The van der Waals surface area contributed by atoms with Crippen LogP contribution in [0.1, 0.15) is 6.92 Å². The van der Waals surface area contributed by atoms with Crippen molar-refractivity contribution in [1.82, 2.24) is 0 Å². The van der Waals surface area contributed by atoms with E-state index in [0.29, 0.717) is 5.71 Å². The predicted octanol–water partition coefficient (Wildman–Crippen LogP) is 2.64. The second-order valence-electron chi connectivity index (χ2n) is 1.98. The third kappa shape index (κ3) is 2.39. The quantitative estimate of drug-likeness (QED) is 0.603. The van der Waals surface area contributed by atoms with E-state index in [4.69, 9.17) is 0 Å². The lowest BCUT2D eigenvalue weighted by atomic mass is 10.4. The van der Waals surface area contributed by atoms with Crippen LogP contribution in [0.5, 0.6) is 0 Å². The van der Waals surface area contributed by atoms with Gasteiger partial charge in [-0.1, -0.05) is 20.7 Å². The van der Waals surface area contributed by atoms with Crippen molar-refractivity contribution in [2.45, 2.75) is 13.1 Å².